The van der Waals surface area contributed by atoms with Crippen LogP contribution in [0.5, 0.6) is 0 Å². The number of hydrogen-bond acceptors (Lipinski definition) is 3. The number of carbonyl (C=O) groups excluding carboxylic acids is 2. The molecule has 1 aliphatic heterocycles. The summed E-state index contributed by atoms with van der Waals surface area (Å²) in [6.07, 6.45) is 1.66. The molecule has 2 heterocycles. The van der Waals surface area contributed by atoms with Crippen LogP contribution in [0.1, 0.15) is 35.5 Å². The fourth-order valence-electron chi connectivity index (χ4n) is 2.70. The first kappa shape index (κ1) is 13.5. The van der Waals surface area contributed by atoms with E-state index in [0.717, 1.165) is 5.56 Å². The lowest BCUT2D eigenvalue weighted by molar-refractivity contribution is -0.134. The molecule has 21 heavy (non-hydrogen) atoms. The Labute approximate surface area is 123 Å². The third kappa shape index (κ3) is 2.13. The Morgan fingerprint density at radius 3 is 2.48 bits per heavy atom. The molecule has 4 nitrogen and oxygen atoms in total. The minimum atomic E-state index is -0.709. The number of carbonyl (C=O) groups is 2. The summed E-state index contributed by atoms with van der Waals surface area (Å²) in [4.78, 5) is 30.8. The van der Waals surface area contributed by atoms with Gasteiger partial charge in [0.1, 0.15) is 0 Å². The van der Waals surface area contributed by atoms with Crippen molar-refractivity contribution in [3.63, 3.8) is 0 Å². The average molecular weight is 280 g/mol. The first-order valence-electron chi connectivity index (χ1n) is 6.87. The number of amides is 2. The van der Waals surface area contributed by atoms with Gasteiger partial charge in [0.2, 0.25) is 5.91 Å². The monoisotopic (exact) mass is 280 g/mol. The predicted molar refractivity (Wildman–Crippen MR) is 78.6 cm³/mol. The molecule has 0 fully saturated rings. The third-order valence-electron chi connectivity index (χ3n) is 3.90. The van der Waals surface area contributed by atoms with E-state index < -0.39 is 5.41 Å². The van der Waals surface area contributed by atoms with Crippen LogP contribution in [-0.4, -0.2) is 21.7 Å². The second-order valence-electron chi connectivity index (χ2n) is 5.69. The van der Waals surface area contributed by atoms with Crippen LogP contribution in [0.25, 0.3) is 0 Å². The minimum Gasteiger partial charge on any atom is -0.273 e. The van der Waals surface area contributed by atoms with Crippen LogP contribution >= 0.6 is 0 Å². The molecular formula is C17H16N2O2. The van der Waals surface area contributed by atoms with Crippen LogP contribution in [0.3, 0.4) is 0 Å². The topological polar surface area (TPSA) is 50.3 Å². The third-order valence-corrected chi connectivity index (χ3v) is 3.90. The van der Waals surface area contributed by atoms with Crippen molar-refractivity contribution in [3.05, 3.63) is 65.5 Å². The van der Waals surface area contributed by atoms with Crippen molar-refractivity contribution in [2.45, 2.75) is 25.8 Å². The van der Waals surface area contributed by atoms with Gasteiger partial charge in [-0.15, -0.1) is 0 Å². The molecule has 1 aromatic carbocycles. The summed E-state index contributed by atoms with van der Waals surface area (Å²) < 4.78 is 0. The van der Waals surface area contributed by atoms with E-state index in [1.807, 2.05) is 50.2 Å². The largest absolute Gasteiger partial charge is 0.273 e. The number of fused-ring (bicyclic) bond motifs is 1. The molecule has 0 spiro atoms. The van der Waals surface area contributed by atoms with Crippen molar-refractivity contribution < 1.29 is 9.59 Å². The second kappa shape index (κ2) is 4.81. The number of pyridine rings is 1. The fourth-order valence-corrected chi connectivity index (χ4v) is 2.70. The Kier molecular flexibility index (Phi) is 3.09. The molecule has 2 aromatic rings. The highest BCUT2D eigenvalue weighted by Gasteiger charge is 2.44. The maximum Gasteiger partial charge on any atom is 0.261 e. The quantitative estimate of drug-likeness (QED) is 0.794. The van der Waals surface area contributed by atoms with Crippen molar-refractivity contribution in [2.75, 3.05) is 0 Å². The highest BCUT2D eigenvalue weighted by atomic mass is 16.2. The molecule has 106 valence electrons. The zero-order valence-electron chi connectivity index (χ0n) is 12.0. The lowest BCUT2D eigenvalue weighted by atomic mass is 9.77. The number of imide groups is 1. The van der Waals surface area contributed by atoms with Gasteiger partial charge in [0, 0.05) is 11.8 Å². The van der Waals surface area contributed by atoms with Crippen LogP contribution in [-0.2, 0) is 16.8 Å². The van der Waals surface area contributed by atoms with E-state index in [0.29, 0.717) is 11.3 Å². The molecule has 0 radical (unpaired) electrons. The zero-order chi connectivity index (χ0) is 15.0. The predicted octanol–water partition coefficient (Wildman–Crippen LogP) is 2.54. The Morgan fingerprint density at radius 2 is 1.76 bits per heavy atom. The van der Waals surface area contributed by atoms with Gasteiger partial charge in [-0.05, 0) is 37.6 Å². The zero-order valence-corrected chi connectivity index (χ0v) is 12.0. The Balaban J connectivity index is 2.04. The molecule has 4 heteroatoms. The summed E-state index contributed by atoms with van der Waals surface area (Å²) in [6.45, 7) is 3.91. The number of benzene rings is 1. The van der Waals surface area contributed by atoms with E-state index >= 15 is 0 Å². The molecule has 0 N–H and O–H groups in total. The summed E-state index contributed by atoms with van der Waals surface area (Å²) >= 11 is 0. The van der Waals surface area contributed by atoms with Crippen LogP contribution in [0.4, 0.5) is 0 Å². The lowest BCUT2D eigenvalue weighted by Gasteiger charge is -2.37. The first-order valence-corrected chi connectivity index (χ1v) is 6.87. The average Bonchev–Trinajstić information content (AvgIpc) is 2.51. The van der Waals surface area contributed by atoms with Crippen molar-refractivity contribution in [3.8, 4) is 0 Å². The van der Waals surface area contributed by atoms with E-state index in [4.69, 9.17) is 0 Å². The Morgan fingerprint density at radius 1 is 1.05 bits per heavy atom. The number of aromatic nitrogens is 1. The van der Waals surface area contributed by atoms with Gasteiger partial charge in [0.25, 0.3) is 5.91 Å². The maximum atomic E-state index is 12.7. The lowest BCUT2D eigenvalue weighted by Crippen LogP contribution is -2.51. The molecule has 0 aliphatic carbocycles. The molecule has 1 aromatic heterocycles. The molecule has 0 bridgehead atoms. The van der Waals surface area contributed by atoms with Crippen LogP contribution in [0.15, 0.2) is 48.7 Å². The highest BCUT2D eigenvalue weighted by molar-refractivity contribution is 6.12. The maximum absolute atomic E-state index is 12.7. The van der Waals surface area contributed by atoms with E-state index in [9.17, 15) is 9.59 Å². The van der Waals surface area contributed by atoms with Gasteiger partial charge < -0.3 is 0 Å². The normalized spacial score (nSPS) is 16.8. The van der Waals surface area contributed by atoms with E-state index in [1.165, 1.54) is 4.90 Å². The summed E-state index contributed by atoms with van der Waals surface area (Å²) in [5.41, 5.74) is 1.38. The van der Waals surface area contributed by atoms with Gasteiger partial charge in [-0.1, -0.05) is 24.3 Å². The minimum absolute atomic E-state index is 0.183. The summed E-state index contributed by atoms with van der Waals surface area (Å²) in [5.74, 6) is -0.433. The summed E-state index contributed by atoms with van der Waals surface area (Å²) in [6, 6.07) is 12.8. The van der Waals surface area contributed by atoms with Crippen molar-refractivity contribution in [1.82, 2.24) is 9.88 Å². The van der Waals surface area contributed by atoms with E-state index in [1.54, 1.807) is 12.3 Å². The van der Waals surface area contributed by atoms with Crippen LogP contribution < -0.4 is 0 Å². The van der Waals surface area contributed by atoms with Crippen LogP contribution in [0, 0.1) is 0 Å². The first-order chi connectivity index (χ1) is 10.0. The van der Waals surface area contributed by atoms with Gasteiger partial charge in [0.15, 0.2) is 0 Å². The molecular weight excluding hydrogens is 264 g/mol. The second-order valence-corrected chi connectivity index (χ2v) is 5.69. The molecule has 1 aliphatic rings. The highest BCUT2D eigenvalue weighted by Crippen LogP contribution is 2.34. The number of hydrogen-bond donors (Lipinski definition) is 0. The SMILES string of the molecule is CC1(C)C(=O)N(Cc2ccccn2)C(=O)c2ccccc21. The summed E-state index contributed by atoms with van der Waals surface area (Å²) in [7, 11) is 0. The van der Waals surface area contributed by atoms with Gasteiger partial charge in [-0.25, -0.2) is 0 Å². The van der Waals surface area contributed by atoms with Gasteiger partial charge in [-0.2, -0.15) is 0 Å². The molecule has 0 saturated carbocycles. The smallest absolute Gasteiger partial charge is 0.261 e. The van der Waals surface area contributed by atoms with Crippen molar-refractivity contribution in [2.24, 2.45) is 0 Å². The molecule has 2 amide bonds. The Bertz CT molecular complexity index is 708. The van der Waals surface area contributed by atoms with Gasteiger partial charge in [-0.3, -0.25) is 19.5 Å². The van der Waals surface area contributed by atoms with E-state index in [2.05, 4.69) is 4.98 Å². The molecule has 0 unspecified atom stereocenters. The molecule has 3 rings (SSSR count). The van der Waals surface area contributed by atoms with Gasteiger partial charge in [0.05, 0.1) is 17.7 Å². The fraction of sp³-hybridized carbons (Fsp3) is 0.235. The standard InChI is InChI=1S/C17H16N2O2/c1-17(2)14-9-4-3-8-13(14)15(20)19(16(17)21)11-12-7-5-6-10-18-12/h3-10H,11H2,1-2H3. The number of rotatable bonds is 2. The summed E-state index contributed by atoms with van der Waals surface area (Å²) in [5, 5.41) is 0. The van der Waals surface area contributed by atoms with Crippen LogP contribution in [0.2, 0.25) is 0 Å². The van der Waals surface area contributed by atoms with Crippen molar-refractivity contribution >= 4 is 11.8 Å². The van der Waals surface area contributed by atoms with Crippen molar-refractivity contribution in [1.29, 1.82) is 0 Å². The molecule has 0 saturated heterocycles. The molecule has 0 atom stereocenters. The number of nitrogens with zero attached hydrogens (tertiary/aromatic N) is 2. The van der Waals surface area contributed by atoms with E-state index in [-0.39, 0.29) is 18.4 Å². The van der Waals surface area contributed by atoms with Gasteiger partial charge >= 0.3 is 0 Å². The Hall–Kier alpha value is -2.49.